The molecule has 2 rings (SSSR count). The van der Waals surface area contributed by atoms with E-state index in [9.17, 15) is 13.9 Å². The maximum Gasteiger partial charge on any atom is 0.138 e. The molecular weight excluding hydrogens is 321 g/mol. The summed E-state index contributed by atoms with van der Waals surface area (Å²) in [7, 11) is 1.43. The molecule has 1 atom stereocenters. The van der Waals surface area contributed by atoms with Gasteiger partial charge >= 0.3 is 0 Å². The highest BCUT2D eigenvalue weighted by molar-refractivity contribution is 6.34. The lowest BCUT2D eigenvalue weighted by Crippen LogP contribution is -2.06. The lowest BCUT2D eigenvalue weighted by molar-refractivity contribution is 0.175. The Kier molecular flexibility index (Phi) is 5.04. The molecule has 0 saturated carbocycles. The summed E-state index contributed by atoms with van der Waals surface area (Å²) < 4.78 is 32.2. The van der Waals surface area contributed by atoms with E-state index in [0.29, 0.717) is 5.75 Å². The molecule has 2 aromatic carbocycles. The third-order valence-electron chi connectivity index (χ3n) is 3.09. The maximum absolute atomic E-state index is 13.6. The van der Waals surface area contributed by atoms with Gasteiger partial charge in [0.15, 0.2) is 0 Å². The zero-order chi connectivity index (χ0) is 15.6. The molecule has 0 aromatic heterocycles. The number of hydrogen-bond acceptors (Lipinski definition) is 2. The van der Waals surface area contributed by atoms with Crippen molar-refractivity contribution >= 4 is 23.2 Å². The number of halogens is 4. The van der Waals surface area contributed by atoms with Gasteiger partial charge in [-0.05, 0) is 18.2 Å². The van der Waals surface area contributed by atoms with Gasteiger partial charge in [-0.1, -0.05) is 29.3 Å². The van der Waals surface area contributed by atoms with Gasteiger partial charge in [0, 0.05) is 23.6 Å². The molecule has 0 aliphatic rings. The van der Waals surface area contributed by atoms with Crippen molar-refractivity contribution in [1.29, 1.82) is 0 Å². The molecule has 0 spiro atoms. The number of methoxy groups -OCH3 is 1. The summed E-state index contributed by atoms with van der Waals surface area (Å²) in [5.41, 5.74) is 0.0816. The van der Waals surface area contributed by atoms with Crippen LogP contribution in [0.5, 0.6) is 5.75 Å². The van der Waals surface area contributed by atoms with Crippen molar-refractivity contribution in [3.05, 3.63) is 63.1 Å². The third-order valence-corrected chi connectivity index (χ3v) is 3.71. The fraction of sp³-hybridized carbons (Fsp3) is 0.200. The van der Waals surface area contributed by atoms with Crippen molar-refractivity contribution in [3.8, 4) is 5.75 Å². The van der Waals surface area contributed by atoms with Crippen LogP contribution in [0.3, 0.4) is 0 Å². The van der Waals surface area contributed by atoms with Crippen molar-refractivity contribution in [2.75, 3.05) is 7.11 Å². The van der Waals surface area contributed by atoms with Gasteiger partial charge in [-0.3, -0.25) is 0 Å². The molecule has 1 N–H and O–H groups in total. The van der Waals surface area contributed by atoms with Gasteiger partial charge in [0.25, 0.3) is 0 Å². The van der Waals surface area contributed by atoms with Crippen LogP contribution in [-0.4, -0.2) is 12.2 Å². The quantitative estimate of drug-likeness (QED) is 0.889. The van der Waals surface area contributed by atoms with Crippen LogP contribution in [0, 0.1) is 11.6 Å². The van der Waals surface area contributed by atoms with Gasteiger partial charge in [0.1, 0.15) is 17.4 Å². The fourth-order valence-corrected chi connectivity index (χ4v) is 2.52. The van der Waals surface area contributed by atoms with Gasteiger partial charge in [-0.2, -0.15) is 0 Å². The highest BCUT2D eigenvalue weighted by atomic mass is 35.5. The van der Waals surface area contributed by atoms with E-state index in [1.807, 2.05) is 0 Å². The van der Waals surface area contributed by atoms with Crippen molar-refractivity contribution in [2.45, 2.75) is 12.5 Å². The molecule has 0 bridgehead atoms. The smallest absolute Gasteiger partial charge is 0.138 e. The second-order valence-electron chi connectivity index (χ2n) is 4.43. The fourth-order valence-electron chi connectivity index (χ4n) is 1.99. The summed E-state index contributed by atoms with van der Waals surface area (Å²) in [5.74, 6) is -1.08. The molecule has 6 heteroatoms. The highest BCUT2D eigenvalue weighted by Gasteiger charge is 2.19. The Morgan fingerprint density at radius 1 is 1.14 bits per heavy atom. The second-order valence-corrected chi connectivity index (χ2v) is 5.24. The molecule has 0 fully saturated rings. The van der Waals surface area contributed by atoms with Crippen molar-refractivity contribution in [3.63, 3.8) is 0 Å². The van der Waals surface area contributed by atoms with E-state index in [1.165, 1.54) is 25.3 Å². The zero-order valence-corrected chi connectivity index (χ0v) is 12.6. The molecule has 112 valence electrons. The van der Waals surface area contributed by atoms with Crippen LogP contribution < -0.4 is 4.74 Å². The molecule has 0 radical (unpaired) electrons. The topological polar surface area (TPSA) is 29.5 Å². The Hall–Kier alpha value is -1.36. The Morgan fingerprint density at radius 3 is 2.33 bits per heavy atom. The summed E-state index contributed by atoms with van der Waals surface area (Å²) in [6, 6.07) is 6.39. The number of aliphatic hydroxyl groups excluding tert-OH is 1. The molecule has 1 unspecified atom stereocenters. The maximum atomic E-state index is 13.6. The highest BCUT2D eigenvalue weighted by Crippen LogP contribution is 2.35. The molecule has 2 nitrogen and oxygen atoms in total. The summed E-state index contributed by atoms with van der Waals surface area (Å²) in [4.78, 5) is 0. The number of aliphatic hydroxyl groups is 1. The first-order chi connectivity index (χ1) is 9.93. The van der Waals surface area contributed by atoms with Crippen LogP contribution in [0.1, 0.15) is 17.2 Å². The van der Waals surface area contributed by atoms with E-state index in [-0.39, 0.29) is 27.6 Å². The lowest BCUT2D eigenvalue weighted by Gasteiger charge is -2.15. The van der Waals surface area contributed by atoms with Crippen LogP contribution in [0.4, 0.5) is 8.78 Å². The number of ether oxygens (including phenoxy) is 1. The Balaban J connectivity index is 2.33. The number of rotatable bonds is 4. The minimum Gasteiger partial charge on any atom is -0.495 e. The molecule has 2 aromatic rings. The zero-order valence-electron chi connectivity index (χ0n) is 11.0. The third kappa shape index (κ3) is 3.46. The molecule has 0 aliphatic carbocycles. The lowest BCUT2D eigenvalue weighted by atomic mass is 10.0. The molecule has 21 heavy (non-hydrogen) atoms. The van der Waals surface area contributed by atoms with Crippen LogP contribution >= 0.6 is 23.2 Å². The van der Waals surface area contributed by atoms with Crippen molar-refractivity contribution < 1.29 is 18.6 Å². The van der Waals surface area contributed by atoms with E-state index in [1.54, 1.807) is 0 Å². The first kappa shape index (κ1) is 16.0. The molecule has 0 saturated heterocycles. The van der Waals surface area contributed by atoms with Crippen LogP contribution in [0.25, 0.3) is 0 Å². The number of hydrogen-bond donors (Lipinski definition) is 1. The largest absolute Gasteiger partial charge is 0.495 e. The molecular formula is C15H12Cl2F2O2. The van der Waals surface area contributed by atoms with Crippen molar-refractivity contribution in [2.24, 2.45) is 0 Å². The summed E-state index contributed by atoms with van der Waals surface area (Å²) in [5, 5.41) is 10.6. The predicted molar refractivity (Wildman–Crippen MR) is 78.0 cm³/mol. The van der Waals surface area contributed by atoms with Crippen molar-refractivity contribution in [1.82, 2.24) is 0 Å². The average molecular weight is 333 g/mol. The van der Waals surface area contributed by atoms with E-state index < -0.39 is 17.7 Å². The predicted octanol–water partition coefficient (Wildman–Crippen LogP) is 4.56. The van der Waals surface area contributed by atoms with Gasteiger partial charge in [-0.25, -0.2) is 8.78 Å². The van der Waals surface area contributed by atoms with E-state index in [4.69, 9.17) is 27.9 Å². The normalized spacial score (nSPS) is 12.3. The second kappa shape index (κ2) is 6.60. The van der Waals surface area contributed by atoms with Gasteiger partial charge in [-0.15, -0.1) is 0 Å². The first-order valence-corrected chi connectivity index (χ1v) is 6.83. The number of benzene rings is 2. The average Bonchev–Trinajstić information content (AvgIpc) is 2.44. The SMILES string of the molecule is COc1cc(Cl)c(C(O)Cc2c(F)cccc2F)cc1Cl. The Labute approximate surface area is 130 Å². The monoisotopic (exact) mass is 332 g/mol. The summed E-state index contributed by atoms with van der Waals surface area (Å²) >= 11 is 12.0. The van der Waals surface area contributed by atoms with E-state index in [0.717, 1.165) is 12.1 Å². The summed E-state index contributed by atoms with van der Waals surface area (Å²) in [6.07, 6.45) is -1.44. The minimum atomic E-state index is -1.19. The van der Waals surface area contributed by atoms with Crippen LogP contribution in [-0.2, 0) is 6.42 Å². The van der Waals surface area contributed by atoms with Gasteiger partial charge in [0.2, 0.25) is 0 Å². The molecule has 0 aliphatic heterocycles. The van der Waals surface area contributed by atoms with Crippen LogP contribution in [0.15, 0.2) is 30.3 Å². The Bertz CT molecular complexity index is 642. The van der Waals surface area contributed by atoms with Crippen LogP contribution in [0.2, 0.25) is 10.0 Å². The minimum absolute atomic E-state index is 0.201. The first-order valence-electron chi connectivity index (χ1n) is 6.08. The van der Waals surface area contributed by atoms with E-state index >= 15 is 0 Å². The molecule has 0 amide bonds. The summed E-state index contributed by atoms with van der Waals surface area (Å²) in [6.45, 7) is 0. The van der Waals surface area contributed by atoms with Gasteiger partial charge in [0.05, 0.1) is 23.3 Å². The Morgan fingerprint density at radius 2 is 1.76 bits per heavy atom. The van der Waals surface area contributed by atoms with E-state index in [2.05, 4.69) is 0 Å². The standard InChI is InChI=1S/C15H12Cl2F2O2/c1-21-15-7-10(16)8(5-11(15)17)14(20)6-9-12(18)3-2-4-13(9)19/h2-5,7,14,20H,6H2,1H3. The molecule has 0 heterocycles. The van der Waals surface area contributed by atoms with Gasteiger partial charge < -0.3 is 9.84 Å².